The molecule has 0 radical (unpaired) electrons. The summed E-state index contributed by atoms with van der Waals surface area (Å²) >= 11 is 0. The normalized spacial score (nSPS) is 19.6. The Morgan fingerprint density at radius 1 is 0.567 bits per heavy atom. The number of aryl methyl sites for hydroxylation is 1. The molecule has 0 fully saturated rings. The van der Waals surface area contributed by atoms with Crippen LogP contribution in [0.5, 0.6) is 28.7 Å². The lowest BCUT2D eigenvalue weighted by atomic mass is 9.86. The summed E-state index contributed by atoms with van der Waals surface area (Å²) in [7, 11) is 0. The van der Waals surface area contributed by atoms with Crippen molar-refractivity contribution in [2.24, 2.45) is 0 Å². The van der Waals surface area contributed by atoms with Crippen LogP contribution in [0.1, 0.15) is 193 Å². The molecule has 4 rings (SSSR count). The van der Waals surface area contributed by atoms with Crippen molar-refractivity contribution in [2.75, 3.05) is 0 Å². The van der Waals surface area contributed by atoms with E-state index in [1.165, 1.54) is 39.0 Å². The van der Waals surface area contributed by atoms with Crippen molar-refractivity contribution in [3.63, 3.8) is 0 Å². The maximum Gasteiger partial charge on any atom is 0.176 e. The summed E-state index contributed by atoms with van der Waals surface area (Å²) in [6, 6.07) is 2.15. The van der Waals surface area contributed by atoms with Gasteiger partial charge in [0.2, 0.25) is 0 Å². The second-order valence-electron chi connectivity index (χ2n) is 19.6. The first-order valence-electron chi connectivity index (χ1n) is 23.2. The van der Waals surface area contributed by atoms with Crippen LogP contribution in [0.15, 0.2) is 76.0 Å². The fourth-order valence-electron chi connectivity index (χ4n) is 8.60. The highest BCUT2D eigenvalue weighted by molar-refractivity contribution is 5.65. The molecular weight excluding hydrogens is 737 g/mol. The molecule has 0 amide bonds. The molecule has 2 aliphatic rings. The van der Waals surface area contributed by atoms with Gasteiger partial charge in [0.25, 0.3) is 0 Å². The van der Waals surface area contributed by atoms with E-state index in [2.05, 4.69) is 133 Å². The molecule has 4 heteroatoms. The fraction of sp³-hybridized carbons (Fsp3) is 0.571. The van der Waals surface area contributed by atoms with Crippen molar-refractivity contribution in [1.82, 2.24) is 0 Å². The highest BCUT2D eigenvalue weighted by Crippen LogP contribution is 2.51. The molecular formula is C56H82O4. The van der Waals surface area contributed by atoms with Crippen molar-refractivity contribution >= 4 is 0 Å². The van der Waals surface area contributed by atoms with Crippen LogP contribution < -0.4 is 14.2 Å². The Balaban J connectivity index is 1.39. The predicted molar refractivity (Wildman–Crippen MR) is 258 cm³/mol. The topological polar surface area (TPSA) is 47.9 Å². The van der Waals surface area contributed by atoms with Gasteiger partial charge in [-0.3, -0.25) is 0 Å². The Kier molecular flexibility index (Phi) is 18.1. The number of hydrogen-bond acceptors (Lipinski definition) is 4. The molecule has 2 atom stereocenters. The lowest BCUT2D eigenvalue weighted by Crippen LogP contribution is -2.37. The quantitative estimate of drug-likeness (QED) is 0.135. The lowest BCUT2D eigenvalue weighted by molar-refractivity contribution is 0.0548. The van der Waals surface area contributed by atoms with Crippen LogP contribution in [0.25, 0.3) is 0 Å². The van der Waals surface area contributed by atoms with Crippen LogP contribution in [0.4, 0.5) is 0 Å². The van der Waals surface area contributed by atoms with E-state index in [0.29, 0.717) is 5.75 Å². The number of phenols is 1. The largest absolute Gasteiger partial charge is 0.504 e. The zero-order valence-corrected chi connectivity index (χ0v) is 40.5. The van der Waals surface area contributed by atoms with Gasteiger partial charge < -0.3 is 19.3 Å². The van der Waals surface area contributed by atoms with Gasteiger partial charge in [-0.1, -0.05) is 69.9 Å². The molecule has 0 aromatic heterocycles. The Bertz CT molecular complexity index is 1990. The SMILES string of the molecule is CC(C)=CCCC(C)=CCCC(C)=CCC[C@@]1(C)CCc2cc(Oc3c(O)c(C)c(C)c4c3CC[C@@](C)(CCC=C(C)CCC=C(C)CCC=C(C)C)O4)c(C)c(C)c2O1. The first-order valence-corrected chi connectivity index (χ1v) is 23.2. The van der Waals surface area contributed by atoms with Gasteiger partial charge in [0, 0.05) is 11.1 Å². The fourth-order valence-corrected chi connectivity index (χ4v) is 8.60. The smallest absolute Gasteiger partial charge is 0.176 e. The van der Waals surface area contributed by atoms with Gasteiger partial charge >= 0.3 is 0 Å². The predicted octanol–water partition coefficient (Wildman–Crippen LogP) is 17.0. The molecule has 2 aromatic carbocycles. The molecule has 0 aliphatic carbocycles. The second-order valence-corrected chi connectivity index (χ2v) is 19.6. The van der Waals surface area contributed by atoms with Crippen molar-refractivity contribution in [1.29, 1.82) is 0 Å². The molecule has 2 heterocycles. The Morgan fingerprint density at radius 3 is 1.47 bits per heavy atom. The Hall–Kier alpha value is -3.92. The van der Waals surface area contributed by atoms with Gasteiger partial charge in [-0.05, 0) is 228 Å². The number of phenolic OH excluding ortho intramolecular Hbond substituents is 1. The minimum atomic E-state index is -0.283. The number of hydrogen-bond donors (Lipinski definition) is 1. The maximum absolute atomic E-state index is 11.6. The van der Waals surface area contributed by atoms with Crippen LogP contribution in [0, 0.1) is 27.7 Å². The summed E-state index contributed by atoms with van der Waals surface area (Å²) in [5, 5.41) is 11.6. The molecule has 0 spiro atoms. The third-order valence-corrected chi connectivity index (χ3v) is 13.2. The van der Waals surface area contributed by atoms with Gasteiger partial charge in [-0.15, -0.1) is 0 Å². The molecule has 2 aliphatic heterocycles. The first-order chi connectivity index (χ1) is 28.3. The number of rotatable bonds is 20. The Morgan fingerprint density at radius 2 is 0.983 bits per heavy atom. The molecule has 4 nitrogen and oxygen atoms in total. The van der Waals surface area contributed by atoms with Crippen molar-refractivity contribution in [2.45, 2.75) is 211 Å². The summed E-state index contributed by atoms with van der Waals surface area (Å²) in [6.45, 7) is 30.6. The zero-order chi connectivity index (χ0) is 44.2. The average molecular weight is 819 g/mol. The molecule has 0 saturated heterocycles. The number of aromatic hydroxyl groups is 1. The van der Waals surface area contributed by atoms with Crippen molar-refractivity contribution < 1.29 is 19.3 Å². The van der Waals surface area contributed by atoms with Crippen LogP contribution in [0.3, 0.4) is 0 Å². The van der Waals surface area contributed by atoms with Gasteiger partial charge in [-0.2, -0.15) is 0 Å². The average Bonchev–Trinajstić information content (AvgIpc) is 3.17. The maximum atomic E-state index is 11.6. The Labute approximate surface area is 367 Å². The molecule has 0 bridgehead atoms. The van der Waals surface area contributed by atoms with E-state index < -0.39 is 0 Å². The summed E-state index contributed by atoms with van der Waals surface area (Å²) in [6.07, 6.45) is 30.8. The van der Waals surface area contributed by atoms with E-state index in [-0.39, 0.29) is 17.0 Å². The van der Waals surface area contributed by atoms with Crippen LogP contribution in [0.2, 0.25) is 0 Å². The van der Waals surface area contributed by atoms with Crippen LogP contribution in [-0.2, 0) is 12.8 Å². The first kappa shape index (κ1) is 48.7. The molecule has 60 heavy (non-hydrogen) atoms. The summed E-state index contributed by atoms with van der Waals surface area (Å²) in [4.78, 5) is 0. The van der Waals surface area contributed by atoms with E-state index >= 15 is 0 Å². The summed E-state index contributed by atoms with van der Waals surface area (Å²) in [5.74, 6) is 3.41. The third kappa shape index (κ3) is 14.1. The van der Waals surface area contributed by atoms with Gasteiger partial charge in [0.1, 0.15) is 28.5 Å². The van der Waals surface area contributed by atoms with E-state index in [9.17, 15) is 5.11 Å². The van der Waals surface area contributed by atoms with Gasteiger partial charge in [0.15, 0.2) is 11.5 Å². The summed E-state index contributed by atoms with van der Waals surface area (Å²) in [5.41, 5.74) is 14.3. The number of fused-ring (bicyclic) bond motifs is 2. The highest BCUT2D eigenvalue weighted by Gasteiger charge is 2.37. The third-order valence-electron chi connectivity index (χ3n) is 13.2. The monoisotopic (exact) mass is 819 g/mol. The number of allylic oxidation sites excluding steroid dienone is 12. The molecule has 330 valence electrons. The molecule has 0 unspecified atom stereocenters. The van der Waals surface area contributed by atoms with Crippen LogP contribution >= 0.6 is 0 Å². The molecule has 1 N–H and O–H groups in total. The summed E-state index contributed by atoms with van der Waals surface area (Å²) < 4.78 is 20.6. The molecule has 0 saturated carbocycles. The highest BCUT2D eigenvalue weighted by atomic mass is 16.5. The number of benzene rings is 2. The minimum Gasteiger partial charge on any atom is -0.504 e. The van der Waals surface area contributed by atoms with E-state index in [1.54, 1.807) is 0 Å². The van der Waals surface area contributed by atoms with Gasteiger partial charge in [0.05, 0.1) is 0 Å². The minimum absolute atomic E-state index is 0.212. The van der Waals surface area contributed by atoms with E-state index in [4.69, 9.17) is 14.2 Å². The van der Waals surface area contributed by atoms with E-state index in [1.807, 2.05) is 6.92 Å². The van der Waals surface area contributed by atoms with Crippen molar-refractivity contribution in [3.8, 4) is 28.7 Å². The van der Waals surface area contributed by atoms with Crippen molar-refractivity contribution in [3.05, 3.63) is 109 Å². The molecule has 2 aromatic rings. The standard InChI is InChI=1S/C56H82O4/c1-38(2)21-15-23-40(5)25-17-27-42(7)29-19-33-55(13)35-31-48-37-50(44(9)46(11)52(48)59-55)58-54-49-32-36-56(14,60-53(49)47(12)45(10)51(54)57)34-20-30-43(8)28-18-26-41(6)24-16-22-39(3)4/h21-22,25-26,29-30,37,57H,15-20,23-24,27-28,31-36H2,1-14H3/t55-,56+/m0/s1. The zero-order valence-electron chi connectivity index (χ0n) is 40.5. The number of ether oxygens (including phenoxy) is 3. The van der Waals surface area contributed by atoms with Gasteiger partial charge in [-0.25, -0.2) is 0 Å². The van der Waals surface area contributed by atoms with E-state index in [0.717, 1.165) is 148 Å². The van der Waals surface area contributed by atoms with Crippen LogP contribution in [-0.4, -0.2) is 16.3 Å². The second kappa shape index (κ2) is 22.3. The lowest BCUT2D eigenvalue weighted by Gasteiger charge is -2.38.